The molecule has 142 valence electrons. The molecule has 1 aliphatic heterocycles. The third-order valence-electron chi connectivity index (χ3n) is 5.03. The van der Waals surface area contributed by atoms with Gasteiger partial charge in [-0.3, -0.25) is 4.79 Å². The number of para-hydroxylation sites is 2. The van der Waals surface area contributed by atoms with E-state index in [1.165, 1.54) is 0 Å². The Balaban J connectivity index is 1.58. The fourth-order valence-corrected chi connectivity index (χ4v) is 4.52. The summed E-state index contributed by atoms with van der Waals surface area (Å²) >= 11 is 1.56. The quantitative estimate of drug-likeness (QED) is 0.480. The Hall–Kier alpha value is -3.51. The third kappa shape index (κ3) is 3.07. The molecule has 0 radical (unpaired) electrons. The van der Waals surface area contributed by atoms with Crippen LogP contribution in [0, 0.1) is 0 Å². The Morgan fingerprint density at radius 3 is 2.41 bits per heavy atom. The highest BCUT2D eigenvalue weighted by molar-refractivity contribution is 7.16. The van der Waals surface area contributed by atoms with Crippen LogP contribution in [0.1, 0.15) is 11.1 Å². The van der Waals surface area contributed by atoms with E-state index in [1.54, 1.807) is 16.2 Å². The van der Waals surface area contributed by atoms with Crippen molar-refractivity contribution in [3.8, 4) is 0 Å². The summed E-state index contributed by atoms with van der Waals surface area (Å²) in [5.41, 5.74) is 4.25. The molecule has 0 bridgehead atoms. The Bertz CT molecular complexity index is 1320. The minimum Gasteiger partial charge on any atom is -0.318 e. The molecule has 0 aliphatic carbocycles. The van der Waals surface area contributed by atoms with E-state index in [0.717, 1.165) is 31.8 Å². The minimum atomic E-state index is -0.123. The molecule has 0 spiro atoms. The molecule has 4 aromatic rings. The van der Waals surface area contributed by atoms with Crippen LogP contribution in [0.2, 0.25) is 0 Å². The first-order valence-electron chi connectivity index (χ1n) is 9.34. The molecule has 1 amide bonds. The number of hydrogen-bond acceptors (Lipinski definition) is 4. The minimum absolute atomic E-state index is 0.123. The van der Waals surface area contributed by atoms with Gasteiger partial charge in [0.05, 0.1) is 22.4 Å². The molecule has 1 aliphatic rings. The largest absolute Gasteiger partial charge is 0.318 e. The summed E-state index contributed by atoms with van der Waals surface area (Å²) in [5, 5.41) is 8.84. The fourth-order valence-electron chi connectivity index (χ4n) is 3.55. The molecule has 5 rings (SSSR count). The molecular formula is C23H18N4OS. The maximum atomic E-state index is 13.2. The van der Waals surface area contributed by atoms with Crippen molar-refractivity contribution in [3.63, 3.8) is 0 Å². The van der Waals surface area contributed by atoms with Crippen molar-refractivity contribution in [1.82, 2.24) is 4.57 Å². The highest BCUT2D eigenvalue weighted by atomic mass is 32.1. The van der Waals surface area contributed by atoms with Gasteiger partial charge in [0, 0.05) is 12.6 Å². The smallest absolute Gasteiger partial charge is 0.279 e. The molecule has 0 fully saturated rings. The molecule has 0 atom stereocenters. The van der Waals surface area contributed by atoms with Crippen LogP contribution in [0.5, 0.6) is 0 Å². The lowest BCUT2D eigenvalue weighted by molar-refractivity contribution is -0.112. The Morgan fingerprint density at radius 1 is 0.862 bits per heavy atom. The zero-order valence-electron chi connectivity index (χ0n) is 15.8. The van der Waals surface area contributed by atoms with Crippen molar-refractivity contribution < 1.29 is 4.79 Å². The van der Waals surface area contributed by atoms with Gasteiger partial charge < -0.3 is 9.47 Å². The number of nitrogens with zero attached hydrogens (tertiary/aromatic N) is 4. The van der Waals surface area contributed by atoms with Gasteiger partial charge in [0.2, 0.25) is 4.80 Å². The van der Waals surface area contributed by atoms with E-state index in [4.69, 9.17) is 0 Å². The van der Waals surface area contributed by atoms with Gasteiger partial charge >= 0.3 is 0 Å². The third-order valence-corrected chi connectivity index (χ3v) is 6.13. The highest BCUT2D eigenvalue weighted by Gasteiger charge is 2.33. The van der Waals surface area contributed by atoms with Crippen molar-refractivity contribution in [3.05, 3.63) is 94.8 Å². The van der Waals surface area contributed by atoms with E-state index in [0.29, 0.717) is 12.3 Å². The number of aromatic nitrogens is 1. The number of amides is 1. The highest BCUT2D eigenvalue weighted by Crippen LogP contribution is 2.30. The molecule has 3 aromatic carbocycles. The number of hydrogen-bond donors (Lipinski definition) is 0. The van der Waals surface area contributed by atoms with Gasteiger partial charge in [-0.1, -0.05) is 72.0 Å². The summed E-state index contributed by atoms with van der Waals surface area (Å²) in [6.45, 7) is 0.506. The van der Waals surface area contributed by atoms with Gasteiger partial charge in [0.15, 0.2) is 5.71 Å². The van der Waals surface area contributed by atoms with Gasteiger partial charge in [-0.25, -0.2) is 0 Å². The van der Waals surface area contributed by atoms with Crippen LogP contribution in [-0.4, -0.2) is 16.2 Å². The topological polar surface area (TPSA) is 50.0 Å². The number of aryl methyl sites for hydroxylation is 1. The molecule has 0 saturated heterocycles. The van der Waals surface area contributed by atoms with Crippen LogP contribution in [0.25, 0.3) is 10.2 Å². The summed E-state index contributed by atoms with van der Waals surface area (Å²) in [4.78, 5) is 15.7. The number of rotatable bonds is 3. The second-order valence-corrected chi connectivity index (χ2v) is 7.86. The maximum absolute atomic E-state index is 13.2. The number of fused-ring (bicyclic) bond motifs is 2. The van der Waals surface area contributed by atoms with Crippen LogP contribution >= 0.6 is 11.3 Å². The van der Waals surface area contributed by atoms with Crippen LogP contribution in [0.4, 0.5) is 5.69 Å². The number of carbonyl (C=O) groups is 1. The van der Waals surface area contributed by atoms with E-state index in [9.17, 15) is 4.79 Å². The van der Waals surface area contributed by atoms with E-state index in [-0.39, 0.29) is 5.91 Å². The normalized spacial score (nSPS) is 15.5. The predicted molar refractivity (Wildman–Crippen MR) is 117 cm³/mol. The first-order chi connectivity index (χ1) is 14.2. The summed E-state index contributed by atoms with van der Waals surface area (Å²) in [6, 6.07) is 25.8. The Morgan fingerprint density at radius 2 is 1.59 bits per heavy atom. The average molecular weight is 398 g/mol. The van der Waals surface area contributed by atoms with Crippen LogP contribution in [-0.2, 0) is 18.4 Å². The van der Waals surface area contributed by atoms with Crippen molar-refractivity contribution in [2.75, 3.05) is 4.90 Å². The summed E-state index contributed by atoms with van der Waals surface area (Å²) < 4.78 is 3.13. The predicted octanol–water partition coefficient (Wildman–Crippen LogP) is 4.09. The van der Waals surface area contributed by atoms with Gasteiger partial charge in [0.1, 0.15) is 0 Å². The number of carbonyl (C=O) groups excluding carboxylic acids is 1. The second-order valence-electron chi connectivity index (χ2n) is 6.85. The summed E-state index contributed by atoms with van der Waals surface area (Å²) in [7, 11) is 1.96. The van der Waals surface area contributed by atoms with Crippen molar-refractivity contribution in [2.45, 2.75) is 6.54 Å². The fraction of sp³-hybridized carbons (Fsp3) is 0.0870. The maximum Gasteiger partial charge on any atom is 0.279 e. The number of anilines is 1. The van der Waals surface area contributed by atoms with E-state index < -0.39 is 0 Å². The lowest BCUT2D eigenvalue weighted by Crippen LogP contribution is -2.29. The second kappa shape index (κ2) is 7.14. The molecule has 0 N–H and O–H groups in total. The first kappa shape index (κ1) is 17.6. The van der Waals surface area contributed by atoms with Crippen molar-refractivity contribution in [2.24, 2.45) is 17.3 Å². The zero-order chi connectivity index (χ0) is 19.8. The first-order valence-corrected chi connectivity index (χ1v) is 10.2. The van der Waals surface area contributed by atoms with Gasteiger partial charge in [-0.05, 0) is 23.8 Å². The van der Waals surface area contributed by atoms with E-state index in [2.05, 4.69) is 22.3 Å². The number of thiazole rings is 1. The molecular weight excluding hydrogens is 380 g/mol. The monoisotopic (exact) mass is 398 g/mol. The molecule has 6 heteroatoms. The van der Waals surface area contributed by atoms with Crippen LogP contribution in [0.3, 0.4) is 0 Å². The molecule has 5 nitrogen and oxygen atoms in total. The molecule has 2 heterocycles. The van der Waals surface area contributed by atoms with Gasteiger partial charge in [-0.15, -0.1) is 10.2 Å². The van der Waals surface area contributed by atoms with Crippen LogP contribution < -0.4 is 9.70 Å². The van der Waals surface area contributed by atoms with Crippen molar-refractivity contribution in [1.29, 1.82) is 0 Å². The Kier molecular flexibility index (Phi) is 4.33. The van der Waals surface area contributed by atoms with Gasteiger partial charge in [0.25, 0.3) is 5.91 Å². The average Bonchev–Trinajstić information content (AvgIpc) is 3.22. The lowest BCUT2D eigenvalue weighted by atomic mass is 10.1. The molecule has 1 aromatic heterocycles. The Labute approximate surface area is 171 Å². The summed E-state index contributed by atoms with van der Waals surface area (Å²) in [5.74, 6) is -0.123. The number of benzene rings is 3. The van der Waals surface area contributed by atoms with Gasteiger partial charge in [-0.2, -0.15) is 0 Å². The SMILES string of the molecule is Cn1/c(=N\N=C2/C(=O)N(Cc3ccccc3)c3ccccc32)sc2ccccc21. The molecule has 0 saturated carbocycles. The standard InChI is InChI=1S/C23H18N4OS/c1-26-19-13-7-8-14-20(19)29-23(26)25-24-21-17-11-5-6-12-18(17)27(22(21)28)15-16-9-3-2-4-10-16/h2-14H,15H2,1H3/b24-21-,25-23+. The lowest BCUT2D eigenvalue weighted by Gasteiger charge is -2.16. The molecule has 29 heavy (non-hydrogen) atoms. The molecule has 0 unspecified atom stereocenters. The van der Waals surface area contributed by atoms with Crippen LogP contribution in [0.15, 0.2) is 89.1 Å². The zero-order valence-corrected chi connectivity index (χ0v) is 16.6. The summed E-state index contributed by atoms with van der Waals surface area (Å²) in [6.07, 6.45) is 0. The van der Waals surface area contributed by atoms with E-state index >= 15 is 0 Å². The van der Waals surface area contributed by atoms with E-state index in [1.807, 2.05) is 78.3 Å². The van der Waals surface area contributed by atoms with Crippen molar-refractivity contribution >= 4 is 38.9 Å².